The van der Waals surface area contributed by atoms with E-state index in [1.807, 2.05) is 0 Å². The highest BCUT2D eigenvalue weighted by molar-refractivity contribution is 6.43. The first-order valence-corrected chi connectivity index (χ1v) is 7.49. The number of hydrazine groups is 1. The Labute approximate surface area is 134 Å². The highest BCUT2D eigenvalue weighted by Gasteiger charge is 2.36. The van der Waals surface area contributed by atoms with Crippen LogP contribution in [-0.2, 0) is 11.3 Å². The Morgan fingerprint density at radius 2 is 2.00 bits per heavy atom. The second-order valence-corrected chi connectivity index (χ2v) is 5.47. The fourth-order valence-electron chi connectivity index (χ4n) is 2.66. The van der Waals surface area contributed by atoms with Gasteiger partial charge in [-0.1, -0.05) is 12.1 Å². The molecule has 0 aliphatic carbocycles. The largest absolute Gasteiger partial charge is 0.475 e. The Morgan fingerprint density at radius 3 is 2.61 bits per heavy atom. The van der Waals surface area contributed by atoms with Gasteiger partial charge in [0, 0.05) is 18.7 Å². The van der Waals surface area contributed by atoms with Crippen molar-refractivity contribution in [1.29, 1.82) is 0 Å². The second-order valence-electron chi connectivity index (χ2n) is 5.47. The lowest BCUT2D eigenvalue weighted by Gasteiger charge is -2.24. The average molecular weight is 320 g/mol. The molecule has 1 fully saturated rings. The zero-order chi connectivity index (χ0) is 16.8. The fraction of sp³-hybridized carbons (Fsp3) is 0.429. The first kappa shape index (κ1) is 17.4. The van der Waals surface area contributed by atoms with Crippen molar-refractivity contribution in [3.8, 4) is 0 Å². The molecule has 1 heterocycles. The van der Waals surface area contributed by atoms with Crippen molar-refractivity contribution < 1.29 is 19.6 Å². The molecule has 1 aliphatic rings. The van der Waals surface area contributed by atoms with Gasteiger partial charge < -0.3 is 20.3 Å². The molecule has 23 heavy (non-hydrogen) atoms. The smallest absolute Gasteiger partial charge is 0.426 e. The summed E-state index contributed by atoms with van der Waals surface area (Å²) in [4.78, 5) is 25.5. The van der Waals surface area contributed by atoms with Crippen LogP contribution in [0.3, 0.4) is 0 Å². The predicted molar refractivity (Wildman–Crippen MR) is 84.7 cm³/mol. The lowest BCUT2D eigenvalue weighted by molar-refractivity contribution is -0.130. The molecular formula is C14H21BN4O4. The average Bonchev–Trinajstić information content (AvgIpc) is 3.03. The molecule has 1 aromatic rings. The van der Waals surface area contributed by atoms with Gasteiger partial charge in [-0.15, -0.1) is 0 Å². The number of rotatable bonds is 6. The minimum Gasteiger partial charge on any atom is -0.426 e. The minimum absolute atomic E-state index is 0.172. The Balaban J connectivity index is 1.87. The van der Waals surface area contributed by atoms with Crippen molar-refractivity contribution in [2.75, 3.05) is 13.1 Å². The van der Waals surface area contributed by atoms with Gasteiger partial charge >= 0.3 is 7.12 Å². The molecular weight excluding hydrogens is 299 g/mol. The van der Waals surface area contributed by atoms with Crippen LogP contribution in [0.4, 0.5) is 0 Å². The summed E-state index contributed by atoms with van der Waals surface area (Å²) in [5.41, 5.74) is 3.91. The van der Waals surface area contributed by atoms with Crippen LogP contribution < -0.4 is 16.6 Å². The molecule has 1 aliphatic heterocycles. The number of nitrogens with one attached hydrogen (secondary N) is 2. The monoisotopic (exact) mass is 320 g/mol. The molecule has 1 atom stereocenters. The molecule has 0 saturated carbocycles. The molecule has 2 amide bonds. The molecule has 8 nitrogen and oxygen atoms in total. The zero-order valence-electron chi connectivity index (χ0n) is 12.7. The maximum Gasteiger partial charge on any atom is 0.475 e. The van der Waals surface area contributed by atoms with Gasteiger partial charge in [-0.2, -0.15) is 0 Å². The van der Waals surface area contributed by atoms with Gasteiger partial charge in [0.2, 0.25) is 5.91 Å². The highest BCUT2D eigenvalue weighted by atomic mass is 16.4. The summed E-state index contributed by atoms with van der Waals surface area (Å²) in [6, 6.07) is 6.86. The SMILES string of the molecule is NNCc1ccc(C(=O)NCC(=O)N2CCC[C@H]2B(O)O)cc1. The Morgan fingerprint density at radius 1 is 1.30 bits per heavy atom. The van der Waals surface area contributed by atoms with Gasteiger partial charge in [-0.05, 0) is 30.5 Å². The summed E-state index contributed by atoms with van der Waals surface area (Å²) in [5.74, 6) is 3.95. The van der Waals surface area contributed by atoms with Gasteiger partial charge in [-0.25, -0.2) is 0 Å². The van der Waals surface area contributed by atoms with Crippen LogP contribution in [0.5, 0.6) is 0 Å². The number of carbonyl (C=O) groups is 2. The van der Waals surface area contributed by atoms with E-state index in [9.17, 15) is 19.6 Å². The van der Waals surface area contributed by atoms with Crippen molar-refractivity contribution in [3.63, 3.8) is 0 Å². The molecule has 2 rings (SSSR count). The van der Waals surface area contributed by atoms with Crippen LogP contribution in [0.15, 0.2) is 24.3 Å². The first-order valence-electron chi connectivity index (χ1n) is 7.49. The van der Waals surface area contributed by atoms with Crippen molar-refractivity contribution >= 4 is 18.9 Å². The first-order chi connectivity index (χ1) is 11.0. The van der Waals surface area contributed by atoms with E-state index < -0.39 is 13.1 Å². The number of benzene rings is 1. The van der Waals surface area contributed by atoms with E-state index in [2.05, 4.69) is 10.7 Å². The van der Waals surface area contributed by atoms with Crippen LogP contribution in [0, 0.1) is 0 Å². The van der Waals surface area contributed by atoms with Crippen molar-refractivity contribution in [2.45, 2.75) is 25.3 Å². The molecule has 9 heteroatoms. The topological polar surface area (TPSA) is 128 Å². The minimum atomic E-state index is -1.55. The third kappa shape index (κ3) is 4.52. The van der Waals surface area contributed by atoms with E-state index in [4.69, 9.17) is 5.84 Å². The molecule has 0 radical (unpaired) electrons. The van der Waals surface area contributed by atoms with E-state index in [1.54, 1.807) is 24.3 Å². The van der Waals surface area contributed by atoms with Crippen LogP contribution in [0.1, 0.15) is 28.8 Å². The zero-order valence-corrected chi connectivity index (χ0v) is 12.7. The Hall–Kier alpha value is -1.94. The molecule has 0 unspecified atom stereocenters. The molecule has 0 aromatic heterocycles. The number of carbonyl (C=O) groups excluding carboxylic acids is 2. The van der Waals surface area contributed by atoms with Gasteiger partial charge in [-0.3, -0.25) is 20.9 Å². The molecule has 124 valence electrons. The summed E-state index contributed by atoms with van der Waals surface area (Å²) in [7, 11) is -1.55. The number of nitrogens with two attached hydrogens (primary N) is 1. The summed E-state index contributed by atoms with van der Waals surface area (Å²) in [6.07, 6.45) is 1.27. The summed E-state index contributed by atoms with van der Waals surface area (Å²) < 4.78 is 0. The number of nitrogens with zero attached hydrogens (tertiary/aromatic N) is 1. The quantitative estimate of drug-likeness (QED) is 0.244. The standard InChI is InChI=1S/C14H21BN4O4/c16-18-8-10-3-5-11(6-4-10)14(21)17-9-13(20)19-7-1-2-12(19)15(22)23/h3-6,12,18,22-23H,1-2,7-9,16H2,(H,17,21)/t12-/m0/s1. The van der Waals surface area contributed by atoms with E-state index >= 15 is 0 Å². The Kier molecular flexibility index (Phi) is 6.11. The number of hydrogen-bond acceptors (Lipinski definition) is 6. The lowest BCUT2D eigenvalue weighted by Crippen LogP contribution is -2.48. The van der Waals surface area contributed by atoms with Crippen LogP contribution in [0.2, 0.25) is 0 Å². The highest BCUT2D eigenvalue weighted by Crippen LogP contribution is 2.17. The van der Waals surface area contributed by atoms with Gasteiger partial charge in [0.25, 0.3) is 5.91 Å². The summed E-state index contributed by atoms with van der Waals surface area (Å²) in [6.45, 7) is 0.798. The fourth-order valence-corrected chi connectivity index (χ4v) is 2.66. The van der Waals surface area contributed by atoms with Crippen molar-refractivity contribution in [2.24, 2.45) is 5.84 Å². The van der Waals surface area contributed by atoms with Crippen LogP contribution in [-0.4, -0.2) is 52.9 Å². The van der Waals surface area contributed by atoms with Gasteiger partial charge in [0.1, 0.15) is 0 Å². The van der Waals surface area contributed by atoms with Gasteiger partial charge in [0.15, 0.2) is 0 Å². The summed E-state index contributed by atoms with van der Waals surface area (Å²) in [5, 5.41) is 21.1. The molecule has 0 bridgehead atoms. The van der Waals surface area contributed by atoms with Crippen LogP contribution in [0.25, 0.3) is 0 Å². The normalized spacial score (nSPS) is 17.2. The predicted octanol–water partition coefficient (Wildman–Crippen LogP) is -1.62. The Bertz CT molecular complexity index is 552. The lowest BCUT2D eigenvalue weighted by atomic mass is 9.78. The molecule has 1 saturated heterocycles. The molecule has 1 aromatic carbocycles. The van der Waals surface area contributed by atoms with E-state index in [0.717, 1.165) is 12.0 Å². The van der Waals surface area contributed by atoms with Crippen LogP contribution >= 0.6 is 0 Å². The maximum absolute atomic E-state index is 12.1. The second kappa shape index (κ2) is 8.07. The third-order valence-corrected chi connectivity index (χ3v) is 3.89. The number of likely N-dealkylation sites (tertiary alicyclic amines) is 1. The third-order valence-electron chi connectivity index (χ3n) is 3.89. The summed E-state index contributed by atoms with van der Waals surface area (Å²) >= 11 is 0. The van der Waals surface area contributed by atoms with E-state index in [1.165, 1.54) is 4.90 Å². The molecule has 6 N–H and O–H groups in total. The molecule has 0 spiro atoms. The van der Waals surface area contributed by atoms with E-state index in [-0.39, 0.29) is 18.4 Å². The van der Waals surface area contributed by atoms with E-state index in [0.29, 0.717) is 25.1 Å². The number of amides is 2. The van der Waals surface area contributed by atoms with Crippen molar-refractivity contribution in [1.82, 2.24) is 15.6 Å². The maximum atomic E-state index is 12.1. The van der Waals surface area contributed by atoms with Crippen molar-refractivity contribution in [3.05, 3.63) is 35.4 Å². The van der Waals surface area contributed by atoms with Gasteiger partial charge in [0.05, 0.1) is 12.5 Å². The number of hydrogen-bond donors (Lipinski definition) is 5.